The SMILES string of the molecule is N#Cc1ccc2c(c1)c1cc(C#N)ccc1n2-c1ccc2c(c1)c1ccccc1n2-c1ccc2oc3c(C#N)cccc3c2c1. The molecule has 0 unspecified atom stereocenters. The van der Waals surface area contributed by atoms with E-state index in [1.807, 2.05) is 54.6 Å². The summed E-state index contributed by atoms with van der Waals surface area (Å²) in [6.45, 7) is 0. The second-order valence-electron chi connectivity index (χ2n) is 11.2. The van der Waals surface area contributed by atoms with Gasteiger partial charge in [-0.25, -0.2) is 0 Å². The normalized spacial score (nSPS) is 11.5. The third-order valence-electron chi connectivity index (χ3n) is 8.80. The largest absolute Gasteiger partial charge is 0.455 e. The molecule has 0 saturated carbocycles. The van der Waals surface area contributed by atoms with Crippen molar-refractivity contribution in [2.45, 2.75) is 0 Å². The van der Waals surface area contributed by atoms with Crippen molar-refractivity contribution in [3.8, 4) is 29.6 Å². The molecule has 9 aromatic rings. The Balaban J connectivity index is 1.32. The van der Waals surface area contributed by atoms with Gasteiger partial charge in [0.2, 0.25) is 0 Å². The Labute approximate surface area is 256 Å². The highest BCUT2D eigenvalue weighted by Gasteiger charge is 2.18. The van der Waals surface area contributed by atoms with Gasteiger partial charge in [0.1, 0.15) is 11.7 Å². The summed E-state index contributed by atoms with van der Waals surface area (Å²) in [6.07, 6.45) is 0. The predicted molar refractivity (Wildman–Crippen MR) is 177 cm³/mol. The smallest absolute Gasteiger partial charge is 0.153 e. The molecule has 6 aromatic carbocycles. The number of fused-ring (bicyclic) bond motifs is 9. The highest BCUT2D eigenvalue weighted by Crippen LogP contribution is 2.39. The lowest BCUT2D eigenvalue weighted by molar-refractivity contribution is 0.667. The van der Waals surface area contributed by atoms with Crippen LogP contribution >= 0.6 is 0 Å². The summed E-state index contributed by atoms with van der Waals surface area (Å²) in [7, 11) is 0. The fourth-order valence-electron chi connectivity index (χ4n) is 6.83. The van der Waals surface area contributed by atoms with E-state index in [9.17, 15) is 15.8 Å². The first-order valence-corrected chi connectivity index (χ1v) is 14.4. The first-order valence-electron chi connectivity index (χ1n) is 14.4. The van der Waals surface area contributed by atoms with E-state index in [0.717, 1.165) is 71.3 Å². The minimum absolute atomic E-state index is 0.521. The highest BCUT2D eigenvalue weighted by atomic mass is 16.3. The van der Waals surface area contributed by atoms with Gasteiger partial charge in [0.05, 0.1) is 50.9 Å². The Morgan fingerprint density at radius 1 is 0.444 bits per heavy atom. The van der Waals surface area contributed by atoms with E-state index in [1.165, 1.54) is 0 Å². The molecule has 0 atom stereocenters. The number of rotatable bonds is 2. The number of nitrogens with zero attached hydrogens (tertiary/aromatic N) is 5. The summed E-state index contributed by atoms with van der Waals surface area (Å²) >= 11 is 0. The first kappa shape index (κ1) is 24.8. The lowest BCUT2D eigenvalue weighted by atomic mass is 10.1. The van der Waals surface area contributed by atoms with Crippen molar-refractivity contribution in [2.75, 3.05) is 0 Å². The maximum absolute atomic E-state index is 9.62. The van der Waals surface area contributed by atoms with Crippen LogP contribution in [-0.2, 0) is 0 Å². The molecule has 0 saturated heterocycles. The summed E-state index contributed by atoms with van der Waals surface area (Å²) < 4.78 is 10.6. The fraction of sp³-hybridized carbons (Fsp3) is 0. The van der Waals surface area contributed by atoms with E-state index in [1.54, 1.807) is 6.07 Å². The molecule has 0 aliphatic carbocycles. The van der Waals surface area contributed by atoms with Crippen molar-refractivity contribution >= 4 is 65.6 Å². The zero-order valence-electron chi connectivity index (χ0n) is 23.6. The van der Waals surface area contributed by atoms with Crippen LogP contribution in [0.4, 0.5) is 0 Å². The number of para-hydroxylation sites is 2. The van der Waals surface area contributed by atoms with E-state index < -0.39 is 0 Å². The van der Waals surface area contributed by atoms with Crippen molar-refractivity contribution in [2.24, 2.45) is 0 Å². The van der Waals surface area contributed by atoms with E-state index in [-0.39, 0.29) is 0 Å². The van der Waals surface area contributed by atoms with E-state index in [4.69, 9.17) is 4.42 Å². The second kappa shape index (κ2) is 9.09. The summed E-state index contributed by atoms with van der Waals surface area (Å²) in [4.78, 5) is 0. The number of benzene rings is 6. The molecular weight excluding hydrogens is 554 g/mol. The van der Waals surface area contributed by atoms with Crippen LogP contribution in [0.25, 0.3) is 76.9 Å². The monoisotopic (exact) mass is 573 g/mol. The third kappa shape index (κ3) is 3.41. The van der Waals surface area contributed by atoms with Crippen LogP contribution in [0.15, 0.2) is 120 Å². The molecule has 45 heavy (non-hydrogen) atoms. The summed E-state index contributed by atoms with van der Waals surface area (Å²) in [6, 6.07) is 44.9. The molecule has 0 aliphatic rings. The lowest BCUT2D eigenvalue weighted by Gasteiger charge is -2.10. The van der Waals surface area contributed by atoms with Gasteiger partial charge in [0.25, 0.3) is 0 Å². The van der Waals surface area contributed by atoms with Gasteiger partial charge in [-0.15, -0.1) is 0 Å². The van der Waals surface area contributed by atoms with Crippen molar-refractivity contribution in [3.05, 3.63) is 132 Å². The third-order valence-corrected chi connectivity index (χ3v) is 8.80. The second-order valence-corrected chi connectivity index (χ2v) is 11.2. The zero-order valence-corrected chi connectivity index (χ0v) is 23.6. The minimum atomic E-state index is 0.521. The molecule has 3 aromatic heterocycles. The van der Waals surface area contributed by atoms with E-state index >= 15 is 0 Å². The predicted octanol–water partition coefficient (Wildman–Crippen LogP) is 9.40. The van der Waals surface area contributed by atoms with Gasteiger partial charge in [-0.2, -0.15) is 15.8 Å². The average Bonchev–Trinajstić information content (AvgIpc) is 3.74. The van der Waals surface area contributed by atoms with Gasteiger partial charge in [-0.05, 0) is 84.9 Å². The first-order chi connectivity index (χ1) is 22.2. The molecule has 0 amide bonds. The number of furan rings is 1. The molecule has 9 rings (SSSR count). The van der Waals surface area contributed by atoms with Crippen LogP contribution in [0.3, 0.4) is 0 Å². The molecule has 0 fully saturated rings. The molecule has 6 heteroatoms. The number of hydrogen-bond acceptors (Lipinski definition) is 4. The summed E-state index contributed by atoms with van der Waals surface area (Å²) in [5.41, 5.74) is 9.08. The van der Waals surface area contributed by atoms with Gasteiger partial charge >= 0.3 is 0 Å². The zero-order chi connectivity index (χ0) is 30.2. The molecule has 206 valence electrons. The van der Waals surface area contributed by atoms with Crippen LogP contribution in [-0.4, -0.2) is 9.13 Å². The standard InChI is InChI=1S/C39H19N5O/c40-20-23-8-12-35-30(16-23)31-17-24(21-41)9-13-36(31)44(35)26-10-14-37-32(18-26)28-5-1-2-7-34(28)43(37)27-11-15-38-33(19-27)29-6-3-4-25(22-42)39(29)45-38/h1-19H. The van der Waals surface area contributed by atoms with Crippen LogP contribution in [0.2, 0.25) is 0 Å². The lowest BCUT2D eigenvalue weighted by Crippen LogP contribution is -1.96. The Morgan fingerprint density at radius 2 is 1.00 bits per heavy atom. The van der Waals surface area contributed by atoms with Gasteiger partial charge in [-0.3, -0.25) is 0 Å². The topological polar surface area (TPSA) is 94.4 Å². The summed E-state index contributed by atoms with van der Waals surface area (Å²) in [5.74, 6) is 0. The minimum Gasteiger partial charge on any atom is -0.455 e. The van der Waals surface area contributed by atoms with Crippen molar-refractivity contribution in [3.63, 3.8) is 0 Å². The maximum Gasteiger partial charge on any atom is 0.153 e. The van der Waals surface area contributed by atoms with Crippen molar-refractivity contribution in [1.29, 1.82) is 15.8 Å². The van der Waals surface area contributed by atoms with Crippen LogP contribution < -0.4 is 0 Å². The van der Waals surface area contributed by atoms with Crippen LogP contribution in [0.5, 0.6) is 0 Å². The van der Waals surface area contributed by atoms with Gasteiger partial charge < -0.3 is 13.6 Å². The number of hydrogen-bond donors (Lipinski definition) is 0. The number of nitriles is 3. The molecule has 3 heterocycles. The van der Waals surface area contributed by atoms with Gasteiger partial charge in [-0.1, -0.05) is 30.3 Å². The molecule has 0 N–H and O–H groups in total. The molecular formula is C39H19N5O. The molecule has 0 aliphatic heterocycles. The Hall–Kier alpha value is -6.81. The molecule has 0 spiro atoms. The molecule has 6 nitrogen and oxygen atoms in total. The van der Waals surface area contributed by atoms with Crippen LogP contribution in [0, 0.1) is 34.0 Å². The van der Waals surface area contributed by atoms with Crippen molar-refractivity contribution in [1.82, 2.24) is 9.13 Å². The fourth-order valence-corrected chi connectivity index (χ4v) is 6.83. The Kier molecular flexibility index (Phi) is 5.00. The van der Waals surface area contributed by atoms with E-state index in [2.05, 4.69) is 81.9 Å². The van der Waals surface area contributed by atoms with Crippen molar-refractivity contribution < 1.29 is 4.42 Å². The van der Waals surface area contributed by atoms with Crippen LogP contribution in [0.1, 0.15) is 16.7 Å². The van der Waals surface area contributed by atoms with Gasteiger partial charge in [0, 0.05) is 43.7 Å². The van der Waals surface area contributed by atoms with E-state index in [0.29, 0.717) is 22.3 Å². The number of aromatic nitrogens is 2. The quantitative estimate of drug-likeness (QED) is 0.206. The molecule has 0 radical (unpaired) electrons. The summed E-state index contributed by atoms with van der Waals surface area (Å²) in [5, 5.41) is 34.8. The maximum atomic E-state index is 9.62. The van der Waals surface area contributed by atoms with Gasteiger partial charge in [0.15, 0.2) is 5.58 Å². The molecule has 0 bridgehead atoms. The average molecular weight is 574 g/mol. The highest BCUT2D eigenvalue weighted by molar-refractivity contribution is 6.13. The Bertz CT molecular complexity index is 2790. The Morgan fingerprint density at radius 3 is 1.67 bits per heavy atom.